The van der Waals surface area contributed by atoms with Crippen LogP contribution in [0.3, 0.4) is 0 Å². The van der Waals surface area contributed by atoms with Gasteiger partial charge in [0.25, 0.3) is 0 Å². The maximum atomic E-state index is 3.89. The van der Waals surface area contributed by atoms with Crippen molar-refractivity contribution in [3.8, 4) is 0 Å². The number of rotatable bonds is 5. The van der Waals surface area contributed by atoms with Crippen molar-refractivity contribution in [2.45, 2.75) is 27.2 Å². The molecule has 0 saturated heterocycles. The van der Waals surface area contributed by atoms with Crippen molar-refractivity contribution in [1.29, 1.82) is 0 Å². The normalized spacial score (nSPS) is 15.3. The molecular formula is C20H25N. The fourth-order valence-electron chi connectivity index (χ4n) is 2.66. The van der Waals surface area contributed by atoms with Crippen molar-refractivity contribution in [2.24, 2.45) is 5.92 Å². The van der Waals surface area contributed by atoms with Crippen LogP contribution in [-0.4, -0.2) is 6.54 Å². The van der Waals surface area contributed by atoms with E-state index < -0.39 is 0 Å². The standard InChI is InChI=1S/C20H25N/c1-5-17(6-2)18-8-7-9-19(14-18)20-13-16(10-11-21-20)12-15(3)4/h5-10,13-15,21H,1,11-12H2,2-4H3/b17-6+. The van der Waals surface area contributed by atoms with Gasteiger partial charge in [-0.25, -0.2) is 0 Å². The topological polar surface area (TPSA) is 12.0 Å². The third-order valence-electron chi connectivity index (χ3n) is 3.67. The van der Waals surface area contributed by atoms with E-state index in [-0.39, 0.29) is 0 Å². The zero-order valence-corrected chi connectivity index (χ0v) is 13.3. The lowest BCUT2D eigenvalue weighted by molar-refractivity contribution is 0.646. The van der Waals surface area contributed by atoms with Crippen molar-refractivity contribution >= 4 is 11.3 Å². The minimum atomic E-state index is 0.688. The lowest BCUT2D eigenvalue weighted by atomic mass is 9.96. The minimum absolute atomic E-state index is 0.688. The Morgan fingerprint density at radius 1 is 1.38 bits per heavy atom. The maximum absolute atomic E-state index is 3.89. The molecule has 0 spiro atoms. The quantitative estimate of drug-likeness (QED) is 0.731. The molecule has 2 rings (SSSR count). The van der Waals surface area contributed by atoms with Gasteiger partial charge in [0.15, 0.2) is 0 Å². The van der Waals surface area contributed by atoms with Gasteiger partial charge in [-0.15, -0.1) is 0 Å². The molecule has 1 heteroatoms. The van der Waals surface area contributed by atoms with Crippen molar-refractivity contribution in [1.82, 2.24) is 5.32 Å². The van der Waals surface area contributed by atoms with Crippen LogP contribution in [0.15, 0.2) is 60.7 Å². The molecule has 0 amide bonds. The number of allylic oxidation sites excluding steroid dienone is 5. The van der Waals surface area contributed by atoms with Crippen molar-refractivity contribution < 1.29 is 0 Å². The van der Waals surface area contributed by atoms with Gasteiger partial charge in [-0.2, -0.15) is 0 Å². The van der Waals surface area contributed by atoms with E-state index in [9.17, 15) is 0 Å². The van der Waals surface area contributed by atoms with Gasteiger partial charge >= 0.3 is 0 Å². The highest BCUT2D eigenvalue weighted by molar-refractivity contribution is 5.77. The lowest BCUT2D eigenvalue weighted by Crippen LogP contribution is -2.16. The molecule has 21 heavy (non-hydrogen) atoms. The maximum Gasteiger partial charge on any atom is 0.0419 e. The van der Waals surface area contributed by atoms with Crippen LogP contribution in [0.2, 0.25) is 0 Å². The Morgan fingerprint density at radius 2 is 2.19 bits per heavy atom. The molecule has 1 aliphatic rings. The molecule has 110 valence electrons. The van der Waals surface area contributed by atoms with Gasteiger partial charge in [0.1, 0.15) is 0 Å². The van der Waals surface area contributed by atoms with Gasteiger partial charge in [-0.1, -0.05) is 56.9 Å². The minimum Gasteiger partial charge on any atom is -0.381 e. The van der Waals surface area contributed by atoms with Gasteiger partial charge in [-0.05, 0) is 53.7 Å². The highest BCUT2D eigenvalue weighted by Gasteiger charge is 2.09. The summed E-state index contributed by atoms with van der Waals surface area (Å²) in [4.78, 5) is 0. The fourth-order valence-corrected chi connectivity index (χ4v) is 2.66. The van der Waals surface area contributed by atoms with Crippen LogP contribution in [0.4, 0.5) is 0 Å². The van der Waals surface area contributed by atoms with E-state index in [1.54, 1.807) is 0 Å². The smallest absolute Gasteiger partial charge is 0.0419 e. The first-order valence-corrected chi connectivity index (χ1v) is 7.68. The second-order valence-electron chi connectivity index (χ2n) is 5.84. The Balaban J connectivity index is 2.30. The third kappa shape index (κ3) is 3.98. The highest BCUT2D eigenvalue weighted by atomic mass is 14.9. The average molecular weight is 279 g/mol. The Hall–Kier alpha value is -2.02. The summed E-state index contributed by atoms with van der Waals surface area (Å²) < 4.78 is 0. The first-order valence-electron chi connectivity index (χ1n) is 7.68. The van der Waals surface area contributed by atoms with E-state index in [0.29, 0.717) is 5.92 Å². The van der Waals surface area contributed by atoms with E-state index in [2.05, 4.69) is 68.2 Å². The molecule has 1 aromatic rings. The lowest BCUT2D eigenvalue weighted by Gasteiger charge is -2.18. The van der Waals surface area contributed by atoms with Gasteiger partial charge in [-0.3, -0.25) is 0 Å². The number of hydrogen-bond acceptors (Lipinski definition) is 1. The van der Waals surface area contributed by atoms with E-state index in [4.69, 9.17) is 0 Å². The Labute approximate surface area is 128 Å². The zero-order chi connectivity index (χ0) is 15.2. The van der Waals surface area contributed by atoms with Crippen LogP contribution in [0.5, 0.6) is 0 Å². The predicted octanol–water partition coefficient (Wildman–Crippen LogP) is 5.19. The summed E-state index contributed by atoms with van der Waals surface area (Å²) in [5.41, 5.74) is 6.27. The van der Waals surface area contributed by atoms with E-state index in [1.807, 2.05) is 13.0 Å². The summed E-state index contributed by atoms with van der Waals surface area (Å²) in [5.74, 6) is 0.688. The predicted molar refractivity (Wildman–Crippen MR) is 93.8 cm³/mol. The van der Waals surface area contributed by atoms with E-state index in [1.165, 1.54) is 28.0 Å². The molecular weight excluding hydrogens is 254 g/mol. The van der Waals surface area contributed by atoms with Crippen LogP contribution in [-0.2, 0) is 0 Å². The number of benzene rings is 1. The van der Waals surface area contributed by atoms with Gasteiger partial charge < -0.3 is 5.32 Å². The van der Waals surface area contributed by atoms with Crippen molar-refractivity contribution in [3.63, 3.8) is 0 Å². The monoisotopic (exact) mass is 279 g/mol. The molecule has 1 heterocycles. The molecule has 0 fully saturated rings. The highest BCUT2D eigenvalue weighted by Crippen LogP contribution is 2.24. The van der Waals surface area contributed by atoms with E-state index >= 15 is 0 Å². The summed E-state index contributed by atoms with van der Waals surface area (Å²) in [6.45, 7) is 11.4. The second kappa shape index (κ2) is 7.12. The zero-order valence-electron chi connectivity index (χ0n) is 13.3. The molecule has 1 aliphatic heterocycles. The van der Waals surface area contributed by atoms with Crippen LogP contribution < -0.4 is 5.32 Å². The van der Waals surface area contributed by atoms with Crippen LogP contribution in [0.25, 0.3) is 11.3 Å². The Morgan fingerprint density at radius 3 is 2.86 bits per heavy atom. The van der Waals surface area contributed by atoms with Crippen molar-refractivity contribution in [3.05, 3.63) is 71.8 Å². The SMILES string of the molecule is C=C/C(=C\C)c1cccc(C2=CC(CC(C)C)=CCN2)c1. The number of hydrogen-bond donors (Lipinski definition) is 1. The molecule has 0 atom stereocenters. The summed E-state index contributed by atoms with van der Waals surface area (Å²) in [6.07, 6.45) is 9.71. The van der Waals surface area contributed by atoms with Crippen LogP contribution >= 0.6 is 0 Å². The van der Waals surface area contributed by atoms with Gasteiger partial charge in [0.2, 0.25) is 0 Å². The summed E-state index contributed by atoms with van der Waals surface area (Å²) in [7, 11) is 0. The molecule has 0 aromatic heterocycles. The molecule has 0 unspecified atom stereocenters. The van der Waals surface area contributed by atoms with Crippen LogP contribution in [0, 0.1) is 5.92 Å². The first-order chi connectivity index (χ1) is 10.1. The Bertz CT molecular complexity index is 600. The second-order valence-corrected chi connectivity index (χ2v) is 5.84. The average Bonchev–Trinajstić information content (AvgIpc) is 2.48. The van der Waals surface area contributed by atoms with Crippen molar-refractivity contribution in [2.75, 3.05) is 6.54 Å². The summed E-state index contributed by atoms with van der Waals surface area (Å²) in [6, 6.07) is 8.64. The van der Waals surface area contributed by atoms with E-state index in [0.717, 1.165) is 13.0 Å². The Kier molecular flexibility index (Phi) is 5.21. The third-order valence-corrected chi connectivity index (χ3v) is 3.67. The number of dihydropyridines is 1. The summed E-state index contributed by atoms with van der Waals surface area (Å²) in [5, 5.41) is 3.48. The number of nitrogens with one attached hydrogen (secondary N) is 1. The molecule has 0 aliphatic carbocycles. The molecule has 1 nitrogen and oxygen atoms in total. The fraction of sp³-hybridized carbons (Fsp3) is 0.300. The summed E-state index contributed by atoms with van der Waals surface area (Å²) >= 11 is 0. The molecule has 1 N–H and O–H groups in total. The van der Waals surface area contributed by atoms with Gasteiger partial charge in [0, 0.05) is 12.2 Å². The van der Waals surface area contributed by atoms with Gasteiger partial charge in [0.05, 0.1) is 0 Å². The molecule has 1 aromatic carbocycles. The molecule has 0 bridgehead atoms. The largest absolute Gasteiger partial charge is 0.381 e. The molecule has 0 radical (unpaired) electrons. The first kappa shape index (κ1) is 15.4. The van der Waals surface area contributed by atoms with Crippen LogP contribution in [0.1, 0.15) is 38.3 Å². The molecule has 0 saturated carbocycles.